The van der Waals surface area contributed by atoms with Gasteiger partial charge in [-0.2, -0.15) is 0 Å². The summed E-state index contributed by atoms with van der Waals surface area (Å²) < 4.78 is 34.8. The Morgan fingerprint density at radius 1 is 0.682 bits per heavy atom. The fourth-order valence-corrected chi connectivity index (χ4v) is 26.1. The van der Waals surface area contributed by atoms with Gasteiger partial charge in [-0.05, 0) is 0 Å². The number of benzene rings is 1. The first-order valence-electron chi connectivity index (χ1n) is 6.18. The van der Waals surface area contributed by atoms with E-state index in [0.29, 0.717) is 0 Å². The van der Waals surface area contributed by atoms with Gasteiger partial charge in [0.15, 0.2) is 0 Å². The Bertz CT molecular complexity index is 422. The molecular formula is C12H25ClNiO6P2. The van der Waals surface area contributed by atoms with E-state index < -0.39 is 24.1 Å². The molecular weight excluding hydrogens is 396 g/mol. The molecule has 0 aliphatic rings. The van der Waals surface area contributed by atoms with Gasteiger partial charge in [0.2, 0.25) is 0 Å². The van der Waals surface area contributed by atoms with E-state index in [-0.39, 0.29) is 0 Å². The molecule has 0 bridgehead atoms. The second-order valence-corrected chi connectivity index (χ2v) is 21.9. The van der Waals surface area contributed by atoms with Gasteiger partial charge in [0.05, 0.1) is 0 Å². The predicted octanol–water partition coefficient (Wildman–Crippen LogP) is 3.32. The van der Waals surface area contributed by atoms with Crippen molar-refractivity contribution >= 4 is 28.2 Å². The molecule has 1 aromatic rings. The summed E-state index contributed by atoms with van der Waals surface area (Å²) in [5, 5.41) is 0. The van der Waals surface area contributed by atoms with Crippen LogP contribution in [0.5, 0.6) is 0 Å². The summed E-state index contributed by atoms with van der Waals surface area (Å²) >= 11 is 0. The molecule has 0 heterocycles. The SMILES string of the molecule is CO[PH](OC)(OC)[Ni]([Cl])([c]1ccccc1)[PH](OC)(OC)OC. The summed E-state index contributed by atoms with van der Waals surface area (Å²) in [5.74, 6) is 0. The third-order valence-electron chi connectivity index (χ3n) is 2.89. The van der Waals surface area contributed by atoms with E-state index in [0.717, 1.165) is 4.53 Å². The molecule has 10 heteroatoms. The molecule has 0 aliphatic carbocycles. The minimum atomic E-state index is -3.36. The van der Waals surface area contributed by atoms with Crippen molar-refractivity contribution in [1.82, 2.24) is 0 Å². The molecule has 0 aliphatic heterocycles. The van der Waals surface area contributed by atoms with E-state index >= 15 is 0 Å². The van der Waals surface area contributed by atoms with Crippen LogP contribution in [0.2, 0.25) is 0 Å². The van der Waals surface area contributed by atoms with Crippen molar-refractivity contribution < 1.29 is 37.8 Å². The molecule has 0 atom stereocenters. The number of hydrogen-bond acceptors (Lipinski definition) is 6. The Labute approximate surface area is 139 Å². The monoisotopic (exact) mass is 420 g/mol. The van der Waals surface area contributed by atoms with Crippen LogP contribution < -0.4 is 4.53 Å². The number of rotatable bonds is 9. The molecule has 6 nitrogen and oxygen atoms in total. The van der Waals surface area contributed by atoms with Gasteiger partial charge in [-0.3, -0.25) is 0 Å². The van der Waals surface area contributed by atoms with E-state index in [9.17, 15) is 0 Å². The fraction of sp³-hybridized carbons (Fsp3) is 0.500. The summed E-state index contributed by atoms with van der Waals surface area (Å²) in [6.45, 7) is -6.73. The van der Waals surface area contributed by atoms with Crippen molar-refractivity contribution in [2.24, 2.45) is 0 Å². The molecule has 0 saturated carbocycles. The first kappa shape index (κ1) is 20.7. The van der Waals surface area contributed by atoms with Gasteiger partial charge in [0.1, 0.15) is 0 Å². The standard InChI is InChI=1S/C6H5.2C3H10O3P.ClH.Ni/c1-2-4-6-5-3-1;2*1-4-7(5-2)6-3;;/h1-5H;2*7H,1-3H3;1H;/q;2*+1;;-1/p-1. The van der Waals surface area contributed by atoms with Crippen molar-refractivity contribution in [3.63, 3.8) is 0 Å². The first-order valence-corrected chi connectivity index (χ1v) is 14.1. The minimum absolute atomic E-state index is 0.780. The topological polar surface area (TPSA) is 55.4 Å². The zero-order chi connectivity index (χ0) is 16.9. The molecule has 0 radical (unpaired) electrons. The van der Waals surface area contributed by atoms with Crippen molar-refractivity contribution in [1.29, 1.82) is 0 Å². The van der Waals surface area contributed by atoms with Crippen molar-refractivity contribution in [3.05, 3.63) is 30.3 Å². The first-order chi connectivity index (χ1) is 10.5. The third kappa shape index (κ3) is 3.10. The average molecular weight is 421 g/mol. The van der Waals surface area contributed by atoms with Crippen LogP contribution in [-0.2, 0) is 37.8 Å². The van der Waals surface area contributed by atoms with Gasteiger partial charge in [-0.25, -0.2) is 0 Å². The molecule has 0 fully saturated rings. The second-order valence-electron chi connectivity index (χ2n) is 3.79. The Morgan fingerprint density at radius 2 is 1.00 bits per heavy atom. The van der Waals surface area contributed by atoms with Gasteiger partial charge in [-0.1, -0.05) is 0 Å². The van der Waals surface area contributed by atoms with E-state index in [1.807, 2.05) is 30.3 Å². The number of halogens is 1. The summed E-state index contributed by atoms with van der Waals surface area (Å²) in [4.78, 5) is 0. The summed E-state index contributed by atoms with van der Waals surface area (Å²) in [7, 11) is 13.6. The molecule has 0 saturated heterocycles. The van der Waals surface area contributed by atoms with Crippen LogP contribution in [0.15, 0.2) is 30.3 Å². The number of hydrogen-bond donors (Lipinski definition) is 0. The Morgan fingerprint density at radius 3 is 1.27 bits per heavy atom. The normalized spacial score (nSPS) is 18.5. The van der Waals surface area contributed by atoms with Crippen LogP contribution in [0.25, 0.3) is 0 Å². The predicted molar refractivity (Wildman–Crippen MR) is 90.6 cm³/mol. The molecule has 0 N–H and O–H groups in total. The third-order valence-corrected chi connectivity index (χ3v) is 27.0. The van der Waals surface area contributed by atoms with E-state index in [4.69, 9.17) is 37.3 Å². The van der Waals surface area contributed by atoms with Gasteiger partial charge in [0, 0.05) is 0 Å². The molecule has 0 amide bonds. The zero-order valence-electron chi connectivity index (χ0n) is 13.5. The maximum atomic E-state index is 7.18. The van der Waals surface area contributed by atoms with E-state index in [2.05, 4.69) is 0 Å². The summed E-state index contributed by atoms with van der Waals surface area (Å²) in [5.41, 5.74) is 0. The molecule has 0 aromatic heterocycles. The Kier molecular flexibility index (Phi) is 8.12. The van der Waals surface area contributed by atoms with E-state index in [1.54, 1.807) is 0 Å². The summed E-state index contributed by atoms with van der Waals surface area (Å²) in [6.07, 6.45) is 0. The Hall–Kier alpha value is 0.624. The van der Waals surface area contributed by atoms with Gasteiger partial charge in [0.25, 0.3) is 0 Å². The maximum absolute atomic E-state index is 7.18. The molecule has 136 valence electrons. The van der Waals surface area contributed by atoms with Crippen LogP contribution >= 0.6 is 23.6 Å². The molecule has 0 unspecified atom stereocenters. The van der Waals surface area contributed by atoms with Crippen LogP contribution in [0.1, 0.15) is 0 Å². The van der Waals surface area contributed by atoms with Gasteiger partial charge in [-0.15, -0.1) is 0 Å². The molecule has 1 rings (SSSR count). The van der Waals surface area contributed by atoms with E-state index in [1.165, 1.54) is 42.7 Å². The fourth-order valence-electron chi connectivity index (χ4n) is 1.92. The average Bonchev–Trinajstić information content (AvgIpc) is 2.59. The second kappa shape index (κ2) is 8.64. The zero-order valence-corrected chi connectivity index (χ0v) is 17.3. The van der Waals surface area contributed by atoms with Crippen LogP contribution in [0.3, 0.4) is 0 Å². The Balaban J connectivity index is 3.72. The quantitative estimate of drug-likeness (QED) is 0.451. The van der Waals surface area contributed by atoms with Crippen LogP contribution in [0, 0.1) is 0 Å². The molecule has 0 spiro atoms. The molecule has 22 heavy (non-hydrogen) atoms. The summed E-state index contributed by atoms with van der Waals surface area (Å²) in [6, 6.07) is 9.41. The van der Waals surface area contributed by atoms with Crippen molar-refractivity contribution in [2.45, 2.75) is 0 Å². The van der Waals surface area contributed by atoms with Crippen LogP contribution in [0.4, 0.5) is 0 Å². The van der Waals surface area contributed by atoms with Gasteiger partial charge < -0.3 is 0 Å². The van der Waals surface area contributed by atoms with Crippen molar-refractivity contribution in [3.8, 4) is 0 Å². The molecule has 1 aromatic carbocycles. The van der Waals surface area contributed by atoms with Crippen molar-refractivity contribution in [2.75, 3.05) is 42.7 Å². The van der Waals surface area contributed by atoms with Crippen LogP contribution in [-0.4, -0.2) is 42.7 Å². The van der Waals surface area contributed by atoms with Gasteiger partial charge >= 0.3 is 139 Å².